The van der Waals surface area contributed by atoms with Gasteiger partial charge in [-0.25, -0.2) is 0 Å². The molecule has 0 aromatic carbocycles. The summed E-state index contributed by atoms with van der Waals surface area (Å²) in [6, 6.07) is -0.421. The molecular weight excluding hydrogens is 144 g/mol. The number of carbonyl (C=O) groups excluding carboxylic acids is 1. The van der Waals surface area contributed by atoms with Gasteiger partial charge in [-0.15, -0.1) is 0 Å². The molecule has 11 heavy (non-hydrogen) atoms. The van der Waals surface area contributed by atoms with Crippen LogP contribution in [0.4, 0.5) is 0 Å². The first-order valence-corrected chi connectivity index (χ1v) is 3.69. The Morgan fingerprint density at radius 3 is 3.18 bits per heavy atom. The number of nitrogens with one attached hydrogen (secondary N) is 2. The van der Waals surface area contributed by atoms with Crippen LogP contribution < -0.4 is 10.2 Å². The van der Waals surface area contributed by atoms with E-state index in [1.54, 1.807) is 0 Å². The second-order valence-electron chi connectivity index (χ2n) is 2.52. The number of rotatable bonds is 1. The molecule has 5 heteroatoms. The van der Waals surface area contributed by atoms with Crippen LogP contribution in [0, 0.1) is 5.53 Å². The quantitative estimate of drug-likeness (QED) is 0.412. The molecule has 60 valence electrons. The van der Waals surface area contributed by atoms with E-state index in [4.69, 9.17) is 5.53 Å². The fraction of sp³-hybridized carbons (Fsp3) is 0.833. The minimum absolute atomic E-state index is 0.0986. The van der Waals surface area contributed by atoms with Crippen molar-refractivity contribution in [3.8, 4) is 0 Å². The number of hydrogen-bond donors (Lipinski definition) is 2. The van der Waals surface area contributed by atoms with Crippen molar-refractivity contribution in [1.82, 2.24) is 10.2 Å². The van der Waals surface area contributed by atoms with Crippen molar-refractivity contribution in [2.45, 2.75) is 25.3 Å². The molecule has 5 nitrogen and oxygen atoms in total. The molecule has 1 atom stereocenters. The molecule has 1 amide bonds. The molecule has 0 bridgehead atoms. The highest BCUT2D eigenvalue weighted by Gasteiger charge is 2.23. The first kappa shape index (κ1) is 7.88. The first-order chi connectivity index (χ1) is 5.34. The van der Waals surface area contributed by atoms with Gasteiger partial charge in [0, 0.05) is 6.54 Å². The topological polar surface area (TPSA) is 79.4 Å². The highest BCUT2D eigenvalue weighted by molar-refractivity contribution is 5.81. The van der Waals surface area contributed by atoms with E-state index in [0.717, 1.165) is 19.4 Å². The van der Waals surface area contributed by atoms with Gasteiger partial charge >= 0.3 is 0 Å². The molecule has 2 N–H and O–H groups in total. The third kappa shape index (κ3) is 2.13. The van der Waals surface area contributed by atoms with Gasteiger partial charge in [0.2, 0.25) is 11.0 Å². The van der Waals surface area contributed by atoms with Crippen LogP contribution in [0.25, 0.3) is 0 Å². The van der Waals surface area contributed by atoms with Crippen molar-refractivity contribution in [3.63, 3.8) is 0 Å². The normalized spacial score (nSPS) is 24.7. The summed E-state index contributed by atoms with van der Waals surface area (Å²) >= 11 is 0. The minimum Gasteiger partial charge on any atom is -0.354 e. The molecule has 0 aromatic heterocycles. The van der Waals surface area contributed by atoms with Gasteiger partial charge in [-0.1, -0.05) is 0 Å². The third-order valence-electron chi connectivity index (χ3n) is 1.70. The van der Waals surface area contributed by atoms with E-state index < -0.39 is 6.04 Å². The zero-order valence-electron chi connectivity index (χ0n) is 6.21. The highest BCUT2D eigenvalue weighted by atomic mass is 16.2. The predicted octanol–water partition coefficient (Wildman–Crippen LogP) is 0.205. The Morgan fingerprint density at radius 2 is 2.45 bits per heavy atom. The average molecular weight is 155 g/mol. The zero-order valence-corrected chi connectivity index (χ0v) is 6.21. The van der Waals surface area contributed by atoms with Crippen LogP contribution >= 0.6 is 0 Å². The van der Waals surface area contributed by atoms with E-state index in [9.17, 15) is 4.79 Å². The summed E-state index contributed by atoms with van der Waals surface area (Å²) in [6.07, 6.45) is 2.69. The smallest absolute Gasteiger partial charge is 0.252 e. The molecule has 1 aliphatic rings. The molecular formula is C6H11N4O+. The Labute approximate surface area is 64.4 Å². The lowest BCUT2D eigenvalue weighted by Gasteiger charge is -1.98. The van der Waals surface area contributed by atoms with E-state index in [2.05, 4.69) is 15.3 Å². The molecule has 0 saturated carbocycles. The van der Waals surface area contributed by atoms with Crippen molar-refractivity contribution in [1.29, 1.82) is 5.53 Å². The second kappa shape index (κ2) is 3.83. The summed E-state index contributed by atoms with van der Waals surface area (Å²) in [6.45, 7) is 0.725. The van der Waals surface area contributed by atoms with Crippen LogP contribution in [-0.4, -0.2) is 18.5 Å². The van der Waals surface area contributed by atoms with Crippen molar-refractivity contribution < 1.29 is 4.79 Å². The fourth-order valence-corrected chi connectivity index (χ4v) is 1.10. The number of hydrogen-bond acceptors (Lipinski definition) is 3. The van der Waals surface area contributed by atoms with Crippen molar-refractivity contribution >= 4 is 5.91 Å². The second-order valence-corrected chi connectivity index (χ2v) is 2.52. The molecule has 0 radical (unpaired) electrons. The average Bonchev–Trinajstić information content (AvgIpc) is 2.18. The van der Waals surface area contributed by atoms with Gasteiger partial charge in [0.1, 0.15) is 10.6 Å². The van der Waals surface area contributed by atoms with Crippen molar-refractivity contribution in [2.75, 3.05) is 6.54 Å². The number of amides is 1. The van der Waals surface area contributed by atoms with Crippen molar-refractivity contribution in [2.24, 2.45) is 5.11 Å². The largest absolute Gasteiger partial charge is 0.354 e. The van der Waals surface area contributed by atoms with E-state index in [0.29, 0.717) is 6.42 Å². The van der Waals surface area contributed by atoms with Gasteiger partial charge in [0.15, 0.2) is 0 Å². The zero-order chi connectivity index (χ0) is 8.10. The summed E-state index contributed by atoms with van der Waals surface area (Å²) in [5.74, 6) is -0.0986. The molecule has 0 spiro atoms. The molecule has 0 aromatic rings. The predicted molar refractivity (Wildman–Crippen MR) is 37.9 cm³/mol. The first-order valence-electron chi connectivity index (χ1n) is 3.69. The molecule has 1 saturated heterocycles. The third-order valence-corrected chi connectivity index (χ3v) is 1.70. The lowest BCUT2D eigenvalue weighted by atomic mass is 10.1. The Balaban J connectivity index is 2.59. The Morgan fingerprint density at radius 1 is 1.64 bits per heavy atom. The fourth-order valence-electron chi connectivity index (χ4n) is 1.10. The van der Waals surface area contributed by atoms with Crippen LogP contribution in [-0.2, 0) is 4.79 Å². The molecule has 1 heterocycles. The van der Waals surface area contributed by atoms with Crippen LogP contribution in [0.15, 0.2) is 5.11 Å². The number of carbonyl (C=O) groups is 1. The van der Waals surface area contributed by atoms with Crippen LogP contribution in [0.2, 0.25) is 0 Å². The lowest BCUT2D eigenvalue weighted by molar-refractivity contribution is -0.122. The molecule has 1 unspecified atom stereocenters. The van der Waals surface area contributed by atoms with E-state index in [1.807, 2.05) is 0 Å². The van der Waals surface area contributed by atoms with E-state index >= 15 is 0 Å². The maximum atomic E-state index is 11.1. The minimum atomic E-state index is -0.421. The van der Waals surface area contributed by atoms with Crippen LogP contribution in [0.1, 0.15) is 19.3 Å². The van der Waals surface area contributed by atoms with Crippen LogP contribution in [0.5, 0.6) is 0 Å². The monoisotopic (exact) mass is 155 g/mol. The van der Waals surface area contributed by atoms with Crippen LogP contribution in [0.3, 0.4) is 0 Å². The van der Waals surface area contributed by atoms with E-state index in [-0.39, 0.29) is 5.91 Å². The summed E-state index contributed by atoms with van der Waals surface area (Å²) in [7, 11) is 0. The highest BCUT2D eigenvalue weighted by Crippen LogP contribution is 2.07. The van der Waals surface area contributed by atoms with Gasteiger partial charge in [-0.05, 0) is 19.3 Å². The number of nitrogens with zero attached hydrogens (tertiary/aromatic N) is 2. The molecule has 0 aliphatic carbocycles. The van der Waals surface area contributed by atoms with E-state index in [1.165, 1.54) is 0 Å². The summed E-state index contributed by atoms with van der Waals surface area (Å²) < 4.78 is 0. The Kier molecular flexibility index (Phi) is 2.74. The van der Waals surface area contributed by atoms with Crippen molar-refractivity contribution in [3.05, 3.63) is 0 Å². The summed E-state index contributed by atoms with van der Waals surface area (Å²) in [4.78, 5) is 13.9. The Bertz CT molecular complexity index is 197. The summed E-state index contributed by atoms with van der Waals surface area (Å²) in [5, 5.41) is 6.21. The maximum Gasteiger partial charge on any atom is 0.252 e. The lowest BCUT2D eigenvalue weighted by Crippen LogP contribution is -2.31. The van der Waals surface area contributed by atoms with Gasteiger partial charge in [-0.3, -0.25) is 4.79 Å². The maximum absolute atomic E-state index is 11.1. The van der Waals surface area contributed by atoms with Gasteiger partial charge in [0.05, 0.1) is 0 Å². The van der Waals surface area contributed by atoms with Gasteiger partial charge < -0.3 is 5.32 Å². The van der Waals surface area contributed by atoms with Gasteiger partial charge in [0.25, 0.3) is 5.91 Å². The Hall–Kier alpha value is -1.22. The standard InChI is InChI=1S/C6H10N4O/c7-10-9-5-3-1-2-4-8-6(5)11/h5,7H,1-4H2/p+1. The molecule has 1 rings (SSSR count). The molecule has 1 fully saturated rings. The summed E-state index contributed by atoms with van der Waals surface area (Å²) in [5.41, 5.74) is 6.48. The van der Waals surface area contributed by atoms with Gasteiger partial charge in [-0.2, -0.15) is 0 Å². The molecule has 1 aliphatic heterocycles. The SMILES string of the molecule is N=[N+]=NC1CCCCNC1=O.